The van der Waals surface area contributed by atoms with Gasteiger partial charge in [0, 0.05) is 11.3 Å². The Morgan fingerprint density at radius 2 is 2.00 bits per heavy atom. The molecule has 0 spiro atoms. The van der Waals surface area contributed by atoms with Crippen molar-refractivity contribution in [1.29, 1.82) is 0 Å². The Morgan fingerprint density at radius 1 is 1.22 bits per heavy atom. The molecule has 18 heavy (non-hydrogen) atoms. The van der Waals surface area contributed by atoms with Crippen LogP contribution in [0.25, 0.3) is 0 Å². The van der Waals surface area contributed by atoms with Crippen molar-refractivity contribution in [2.75, 3.05) is 13.2 Å². The highest BCUT2D eigenvalue weighted by molar-refractivity contribution is 7.09. The number of nitrogens with zero attached hydrogens (tertiary/aromatic N) is 1. The van der Waals surface area contributed by atoms with Crippen molar-refractivity contribution in [3.05, 3.63) is 45.9 Å². The monoisotopic (exact) mass is 262 g/mol. The summed E-state index contributed by atoms with van der Waals surface area (Å²) in [6.45, 7) is 3.41. The van der Waals surface area contributed by atoms with Gasteiger partial charge in [0.2, 0.25) is 0 Å². The van der Waals surface area contributed by atoms with Gasteiger partial charge in [0.25, 0.3) is 0 Å². The number of thiazole rings is 1. The lowest BCUT2D eigenvalue weighted by molar-refractivity contribution is 0.322. The first-order chi connectivity index (χ1) is 8.79. The van der Waals surface area contributed by atoms with Crippen LogP contribution in [0, 0.1) is 6.92 Å². The van der Waals surface area contributed by atoms with E-state index in [0.29, 0.717) is 13.2 Å². The molecular weight excluding hydrogens is 244 g/mol. The maximum Gasteiger partial charge on any atom is 0.119 e. The highest BCUT2D eigenvalue weighted by atomic mass is 32.1. The van der Waals surface area contributed by atoms with Crippen LogP contribution < -0.4 is 10.5 Å². The molecule has 2 aromatic rings. The Balaban J connectivity index is 1.81. The van der Waals surface area contributed by atoms with E-state index in [2.05, 4.69) is 17.1 Å². The molecular formula is C14H18N2OS. The van der Waals surface area contributed by atoms with Gasteiger partial charge < -0.3 is 10.5 Å². The minimum Gasteiger partial charge on any atom is -0.493 e. The van der Waals surface area contributed by atoms with Crippen molar-refractivity contribution in [2.45, 2.75) is 19.8 Å². The molecule has 0 aliphatic rings. The van der Waals surface area contributed by atoms with E-state index in [1.165, 1.54) is 10.4 Å². The van der Waals surface area contributed by atoms with Crippen LogP contribution in [0.1, 0.15) is 16.1 Å². The van der Waals surface area contributed by atoms with Crippen LogP contribution in [0.2, 0.25) is 0 Å². The third-order valence-electron chi connectivity index (χ3n) is 2.80. The predicted molar refractivity (Wildman–Crippen MR) is 75.3 cm³/mol. The maximum atomic E-state index is 5.72. The Kier molecular flexibility index (Phi) is 4.73. The normalized spacial score (nSPS) is 10.6. The van der Waals surface area contributed by atoms with Crippen LogP contribution in [0.15, 0.2) is 29.8 Å². The van der Waals surface area contributed by atoms with Gasteiger partial charge in [-0.25, -0.2) is 4.98 Å². The minimum absolute atomic E-state index is 0.685. The Hall–Kier alpha value is -1.39. The molecule has 1 aromatic heterocycles. The largest absolute Gasteiger partial charge is 0.493 e. The molecule has 4 heteroatoms. The Bertz CT molecular complexity index is 479. The van der Waals surface area contributed by atoms with Gasteiger partial charge in [0.15, 0.2) is 0 Å². The van der Waals surface area contributed by atoms with Gasteiger partial charge in [-0.3, -0.25) is 0 Å². The number of ether oxygens (including phenoxy) is 1. The summed E-state index contributed by atoms with van der Waals surface area (Å²) in [5.41, 5.74) is 9.76. The maximum absolute atomic E-state index is 5.72. The molecule has 0 amide bonds. The smallest absolute Gasteiger partial charge is 0.119 e. The van der Waals surface area contributed by atoms with E-state index in [4.69, 9.17) is 10.5 Å². The molecule has 3 nitrogen and oxygen atoms in total. The third kappa shape index (κ3) is 3.55. The van der Waals surface area contributed by atoms with Gasteiger partial charge in [-0.15, -0.1) is 11.3 Å². The lowest BCUT2D eigenvalue weighted by Gasteiger charge is -2.06. The van der Waals surface area contributed by atoms with Crippen LogP contribution >= 0.6 is 11.3 Å². The van der Waals surface area contributed by atoms with Gasteiger partial charge in [-0.1, -0.05) is 12.1 Å². The molecule has 2 N–H and O–H groups in total. The number of hydrogen-bond acceptors (Lipinski definition) is 4. The SMILES string of the molecule is Cc1ncsc1CCOc1ccc(CCN)cc1. The van der Waals surface area contributed by atoms with Gasteiger partial charge in [0.1, 0.15) is 5.75 Å². The highest BCUT2D eigenvalue weighted by Gasteiger charge is 2.01. The number of rotatable bonds is 6. The Morgan fingerprint density at radius 3 is 2.61 bits per heavy atom. The molecule has 0 aliphatic heterocycles. The Labute approximate surface area is 112 Å². The molecule has 0 radical (unpaired) electrons. The van der Waals surface area contributed by atoms with Crippen molar-refractivity contribution >= 4 is 11.3 Å². The second-order valence-electron chi connectivity index (χ2n) is 4.14. The summed E-state index contributed by atoms with van der Waals surface area (Å²) in [6.07, 6.45) is 1.83. The fourth-order valence-corrected chi connectivity index (χ4v) is 2.51. The van der Waals surface area contributed by atoms with Crippen LogP contribution in [0.5, 0.6) is 5.75 Å². The molecule has 0 atom stereocenters. The summed E-state index contributed by atoms with van der Waals surface area (Å²) in [6, 6.07) is 8.15. The summed E-state index contributed by atoms with van der Waals surface area (Å²) >= 11 is 1.69. The highest BCUT2D eigenvalue weighted by Crippen LogP contribution is 2.15. The molecule has 1 aromatic carbocycles. The van der Waals surface area contributed by atoms with E-state index in [1.807, 2.05) is 24.6 Å². The zero-order valence-corrected chi connectivity index (χ0v) is 11.4. The first-order valence-corrected chi connectivity index (χ1v) is 6.98. The minimum atomic E-state index is 0.685. The van der Waals surface area contributed by atoms with E-state index in [0.717, 1.165) is 24.3 Å². The van der Waals surface area contributed by atoms with Gasteiger partial charge in [-0.05, 0) is 37.6 Å². The number of aromatic nitrogens is 1. The zero-order valence-electron chi connectivity index (χ0n) is 10.6. The van der Waals surface area contributed by atoms with Crippen LogP contribution in [-0.4, -0.2) is 18.1 Å². The van der Waals surface area contributed by atoms with Gasteiger partial charge >= 0.3 is 0 Å². The number of hydrogen-bond donors (Lipinski definition) is 1. The molecule has 2 rings (SSSR count). The van der Waals surface area contributed by atoms with E-state index < -0.39 is 0 Å². The fraction of sp³-hybridized carbons (Fsp3) is 0.357. The van der Waals surface area contributed by atoms with Crippen LogP contribution in [-0.2, 0) is 12.8 Å². The van der Waals surface area contributed by atoms with E-state index in [1.54, 1.807) is 11.3 Å². The molecule has 0 fully saturated rings. The van der Waals surface area contributed by atoms with Crippen LogP contribution in [0.3, 0.4) is 0 Å². The van der Waals surface area contributed by atoms with Gasteiger partial charge in [-0.2, -0.15) is 0 Å². The standard InChI is InChI=1S/C14H18N2OS/c1-11-14(18-10-16-11)7-9-17-13-4-2-12(3-5-13)6-8-15/h2-5,10H,6-9,15H2,1H3. The number of nitrogens with two attached hydrogens (primary N) is 1. The lowest BCUT2D eigenvalue weighted by Crippen LogP contribution is -2.03. The van der Waals surface area contributed by atoms with Crippen molar-refractivity contribution in [2.24, 2.45) is 5.73 Å². The second kappa shape index (κ2) is 6.52. The molecule has 96 valence electrons. The zero-order chi connectivity index (χ0) is 12.8. The predicted octanol–water partition coefficient (Wildman–Crippen LogP) is 2.57. The quantitative estimate of drug-likeness (QED) is 0.870. The molecule has 0 saturated heterocycles. The first-order valence-electron chi connectivity index (χ1n) is 6.10. The van der Waals surface area contributed by atoms with Crippen molar-refractivity contribution in [1.82, 2.24) is 4.98 Å². The summed E-state index contributed by atoms with van der Waals surface area (Å²) in [5.74, 6) is 0.915. The van der Waals surface area contributed by atoms with E-state index in [-0.39, 0.29) is 0 Å². The molecule has 0 unspecified atom stereocenters. The second-order valence-corrected chi connectivity index (χ2v) is 5.08. The number of aryl methyl sites for hydroxylation is 1. The summed E-state index contributed by atoms with van der Waals surface area (Å²) in [5, 5.41) is 0. The molecule has 0 bridgehead atoms. The summed E-state index contributed by atoms with van der Waals surface area (Å²) < 4.78 is 5.72. The third-order valence-corrected chi connectivity index (χ3v) is 3.79. The van der Waals surface area contributed by atoms with E-state index in [9.17, 15) is 0 Å². The lowest BCUT2D eigenvalue weighted by atomic mass is 10.1. The van der Waals surface area contributed by atoms with Crippen molar-refractivity contribution in [3.8, 4) is 5.75 Å². The van der Waals surface area contributed by atoms with Crippen molar-refractivity contribution in [3.63, 3.8) is 0 Å². The number of benzene rings is 1. The average molecular weight is 262 g/mol. The topological polar surface area (TPSA) is 48.1 Å². The molecule has 0 aliphatic carbocycles. The van der Waals surface area contributed by atoms with Gasteiger partial charge in [0.05, 0.1) is 17.8 Å². The summed E-state index contributed by atoms with van der Waals surface area (Å²) in [7, 11) is 0. The molecule has 0 saturated carbocycles. The fourth-order valence-electron chi connectivity index (χ4n) is 1.75. The summed E-state index contributed by atoms with van der Waals surface area (Å²) in [4.78, 5) is 5.53. The first kappa shape index (κ1) is 13.1. The van der Waals surface area contributed by atoms with Crippen molar-refractivity contribution < 1.29 is 4.74 Å². The average Bonchev–Trinajstić information content (AvgIpc) is 2.78. The molecule has 1 heterocycles. The van der Waals surface area contributed by atoms with Crippen LogP contribution in [0.4, 0.5) is 0 Å². The van der Waals surface area contributed by atoms with E-state index >= 15 is 0 Å².